The van der Waals surface area contributed by atoms with Crippen molar-refractivity contribution >= 4 is 5.91 Å². The Hall–Kier alpha value is -0.830. The van der Waals surface area contributed by atoms with Crippen molar-refractivity contribution in [1.29, 1.82) is 0 Å². The average molecular weight is 237 g/mol. The van der Waals surface area contributed by atoms with Gasteiger partial charge in [-0.05, 0) is 44.9 Å². The fourth-order valence-electron chi connectivity index (χ4n) is 2.68. The molecular weight excluding hydrogens is 214 g/mol. The van der Waals surface area contributed by atoms with Crippen molar-refractivity contribution in [3.8, 4) is 0 Å². The van der Waals surface area contributed by atoms with Crippen LogP contribution in [0.2, 0.25) is 0 Å². The molecule has 0 aliphatic heterocycles. The number of carbonyl (C=O) groups is 1. The van der Waals surface area contributed by atoms with Crippen LogP contribution in [0, 0.1) is 0 Å². The number of aliphatic hydroxyl groups excluding tert-OH is 1. The maximum atomic E-state index is 12.2. The first kappa shape index (κ1) is 12.6. The van der Waals surface area contributed by atoms with E-state index in [1.165, 1.54) is 24.8 Å². The molecule has 0 bridgehead atoms. The van der Waals surface area contributed by atoms with E-state index in [2.05, 4.69) is 6.08 Å². The van der Waals surface area contributed by atoms with Crippen molar-refractivity contribution in [2.75, 3.05) is 13.2 Å². The van der Waals surface area contributed by atoms with E-state index in [1.54, 1.807) is 0 Å². The molecule has 0 atom stereocenters. The molecule has 0 radical (unpaired) electrons. The van der Waals surface area contributed by atoms with E-state index in [-0.39, 0.29) is 12.5 Å². The lowest BCUT2D eigenvalue weighted by atomic mass is 9.90. The van der Waals surface area contributed by atoms with Gasteiger partial charge in [0.25, 0.3) is 0 Å². The predicted octanol–water partition coefficient (Wildman–Crippen LogP) is 2.25. The molecule has 17 heavy (non-hydrogen) atoms. The molecule has 0 unspecified atom stereocenters. The largest absolute Gasteiger partial charge is 0.395 e. The highest BCUT2D eigenvalue weighted by Crippen LogP contribution is 2.27. The number of nitrogens with zero attached hydrogens (tertiary/aromatic N) is 1. The van der Waals surface area contributed by atoms with Gasteiger partial charge < -0.3 is 10.0 Å². The molecule has 2 aliphatic carbocycles. The van der Waals surface area contributed by atoms with Crippen LogP contribution in [0.25, 0.3) is 0 Å². The molecule has 3 heteroatoms. The zero-order valence-corrected chi connectivity index (χ0v) is 10.5. The normalized spacial score (nSPS) is 20.6. The van der Waals surface area contributed by atoms with Crippen LogP contribution in [0.5, 0.6) is 0 Å². The molecule has 0 aromatic carbocycles. The molecule has 3 nitrogen and oxygen atoms in total. The lowest BCUT2D eigenvalue weighted by molar-refractivity contribution is -0.135. The Morgan fingerprint density at radius 3 is 2.71 bits per heavy atom. The van der Waals surface area contributed by atoms with Crippen molar-refractivity contribution < 1.29 is 9.90 Å². The predicted molar refractivity (Wildman–Crippen MR) is 67.6 cm³/mol. The molecule has 1 fully saturated rings. The van der Waals surface area contributed by atoms with Crippen LogP contribution in [-0.2, 0) is 4.79 Å². The quantitative estimate of drug-likeness (QED) is 0.745. The van der Waals surface area contributed by atoms with Gasteiger partial charge >= 0.3 is 0 Å². The van der Waals surface area contributed by atoms with E-state index in [0.29, 0.717) is 19.0 Å². The van der Waals surface area contributed by atoms with Crippen LogP contribution in [0.1, 0.15) is 51.4 Å². The van der Waals surface area contributed by atoms with Crippen LogP contribution < -0.4 is 0 Å². The summed E-state index contributed by atoms with van der Waals surface area (Å²) < 4.78 is 0. The summed E-state index contributed by atoms with van der Waals surface area (Å²) in [5.74, 6) is 0.219. The summed E-state index contributed by atoms with van der Waals surface area (Å²) in [4.78, 5) is 14.1. The standard InChI is InChI=1S/C14H23NO2/c16-10-9-15(13-7-4-8-13)14(17)11-12-5-2-1-3-6-12/h5,13,16H,1-4,6-11H2. The zero-order valence-electron chi connectivity index (χ0n) is 10.5. The van der Waals surface area contributed by atoms with Crippen molar-refractivity contribution in [3.05, 3.63) is 11.6 Å². The SMILES string of the molecule is O=C(CC1=CCCCC1)N(CCO)C1CCC1. The van der Waals surface area contributed by atoms with Gasteiger partial charge in [-0.25, -0.2) is 0 Å². The summed E-state index contributed by atoms with van der Waals surface area (Å²) >= 11 is 0. The first-order valence-electron chi connectivity index (χ1n) is 6.89. The maximum absolute atomic E-state index is 12.2. The van der Waals surface area contributed by atoms with Crippen molar-refractivity contribution in [1.82, 2.24) is 4.90 Å². The highest BCUT2D eigenvalue weighted by molar-refractivity contribution is 5.79. The average Bonchev–Trinajstić information content (AvgIpc) is 2.27. The van der Waals surface area contributed by atoms with E-state index in [0.717, 1.165) is 25.7 Å². The van der Waals surface area contributed by atoms with E-state index in [9.17, 15) is 4.79 Å². The molecule has 0 spiro atoms. The summed E-state index contributed by atoms with van der Waals surface area (Å²) in [6.45, 7) is 0.595. The molecule has 1 N–H and O–H groups in total. The third-order valence-corrected chi connectivity index (χ3v) is 3.94. The Bertz CT molecular complexity index is 295. The Labute approximate surface area is 103 Å². The zero-order chi connectivity index (χ0) is 12.1. The lowest BCUT2D eigenvalue weighted by Gasteiger charge is -2.37. The highest BCUT2D eigenvalue weighted by Gasteiger charge is 2.28. The maximum Gasteiger partial charge on any atom is 0.226 e. The fourth-order valence-corrected chi connectivity index (χ4v) is 2.68. The molecule has 2 rings (SSSR count). The number of carbonyl (C=O) groups excluding carboxylic acids is 1. The van der Waals surface area contributed by atoms with E-state index in [1.807, 2.05) is 4.90 Å². The minimum atomic E-state index is 0.0846. The second-order valence-electron chi connectivity index (χ2n) is 5.18. The minimum Gasteiger partial charge on any atom is -0.395 e. The number of amides is 1. The number of aliphatic hydroxyl groups is 1. The number of hydrogen-bond donors (Lipinski definition) is 1. The number of rotatable bonds is 5. The van der Waals surface area contributed by atoms with Gasteiger partial charge in [0.2, 0.25) is 5.91 Å². The number of hydrogen-bond acceptors (Lipinski definition) is 2. The van der Waals surface area contributed by atoms with Gasteiger partial charge in [0, 0.05) is 19.0 Å². The van der Waals surface area contributed by atoms with Crippen LogP contribution in [0.4, 0.5) is 0 Å². The summed E-state index contributed by atoms with van der Waals surface area (Å²) in [6, 6.07) is 0.402. The Morgan fingerprint density at radius 2 is 2.18 bits per heavy atom. The van der Waals surface area contributed by atoms with E-state index in [4.69, 9.17) is 5.11 Å². The van der Waals surface area contributed by atoms with Gasteiger partial charge in [0.1, 0.15) is 0 Å². The number of allylic oxidation sites excluding steroid dienone is 1. The van der Waals surface area contributed by atoms with Gasteiger partial charge in [0.15, 0.2) is 0 Å². The van der Waals surface area contributed by atoms with Crippen LogP contribution in [-0.4, -0.2) is 35.1 Å². The molecular formula is C14H23NO2. The van der Waals surface area contributed by atoms with Crippen LogP contribution in [0.15, 0.2) is 11.6 Å². The third kappa shape index (κ3) is 3.32. The third-order valence-electron chi connectivity index (χ3n) is 3.94. The molecule has 1 saturated carbocycles. The monoisotopic (exact) mass is 237 g/mol. The second kappa shape index (κ2) is 6.20. The fraction of sp³-hybridized carbons (Fsp3) is 0.786. The van der Waals surface area contributed by atoms with Gasteiger partial charge in [-0.2, -0.15) is 0 Å². The molecule has 0 aromatic rings. The van der Waals surface area contributed by atoms with Gasteiger partial charge in [-0.15, -0.1) is 0 Å². The topological polar surface area (TPSA) is 40.5 Å². The Morgan fingerprint density at radius 1 is 1.35 bits per heavy atom. The summed E-state index contributed by atoms with van der Waals surface area (Å²) in [6.07, 6.45) is 11.0. The van der Waals surface area contributed by atoms with Crippen LogP contribution >= 0.6 is 0 Å². The summed E-state index contributed by atoms with van der Waals surface area (Å²) in [5, 5.41) is 9.05. The van der Waals surface area contributed by atoms with Gasteiger partial charge in [-0.3, -0.25) is 4.79 Å². The van der Waals surface area contributed by atoms with E-state index < -0.39 is 0 Å². The van der Waals surface area contributed by atoms with Gasteiger partial charge in [0.05, 0.1) is 6.61 Å². The smallest absolute Gasteiger partial charge is 0.226 e. The van der Waals surface area contributed by atoms with Crippen molar-refractivity contribution in [3.63, 3.8) is 0 Å². The van der Waals surface area contributed by atoms with E-state index >= 15 is 0 Å². The Kier molecular flexibility index (Phi) is 4.60. The molecule has 0 heterocycles. The highest BCUT2D eigenvalue weighted by atomic mass is 16.3. The molecule has 0 saturated heterocycles. The lowest BCUT2D eigenvalue weighted by Crippen LogP contribution is -2.45. The van der Waals surface area contributed by atoms with Crippen molar-refractivity contribution in [2.24, 2.45) is 0 Å². The molecule has 2 aliphatic rings. The minimum absolute atomic E-state index is 0.0846. The summed E-state index contributed by atoms with van der Waals surface area (Å²) in [5.41, 5.74) is 1.31. The van der Waals surface area contributed by atoms with Crippen molar-refractivity contribution in [2.45, 2.75) is 57.4 Å². The molecule has 0 aromatic heterocycles. The van der Waals surface area contributed by atoms with Crippen LogP contribution in [0.3, 0.4) is 0 Å². The van der Waals surface area contributed by atoms with Gasteiger partial charge in [-0.1, -0.05) is 11.6 Å². The summed E-state index contributed by atoms with van der Waals surface area (Å²) in [7, 11) is 0. The Balaban J connectivity index is 1.88. The first-order valence-corrected chi connectivity index (χ1v) is 6.89. The second-order valence-corrected chi connectivity index (χ2v) is 5.18. The molecule has 96 valence electrons. The first-order chi connectivity index (χ1) is 8.31. The molecule has 1 amide bonds.